The SMILES string of the molecule is Nc1nsc(N2CCC(O)CC2)c1S(=O)(=O)C1CC1. The lowest BCUT2D eigenvalue weighted by molar-refractivity contribution is 0.145. The molecule has 0 bridgehead atoms. The van der Waals surface area contributed by atoms with Crippen LogP contribution >= 0.6 is 11.5 Å². The molecule has 2 aliphatic rings. The molecule has 2 fully saturated rings. The lowest BCUT2D eigenvalue weighted by Crippen LogP contribution is -2.36. The molecular formula is C11H17N3O3S2. The number of aromatic nitrogens is 1. The van der Waals surface area contributed by atoms with Crippen molar-refractivity contribution >= 4 is 32.2 Å². The van der Waals surface area contributed by atoms with Gasteiger partial charge in [0.1, 0.15) is 9.90 Å². The maximum atomic E-state index is 12.4. The van der Waals surface area contributed by atoms with Crippen molar-refractivity contribution in [1.29, 1.82) is 0 Å². The van der Waals surface area contributed by atoms with Crippen molar-refractivity contribution in [3.8, 4) is 0 Å². The van der Waals surface area contributed by atoms with E-state index in [1.807, 2.05) is 4.90 Å². The van der Waals surface area contributed by atoms with Crippen molar-refractivity contribution in [1.82, 2.24) is 4.37 Å². The Hall–Kier alpha value is -0.860. The summed E-state index contributed by atoms with van der Waals surface area (Å²) in [6.07, 6.45) is 2.46. The lowest BCUT2D eigenvalue weighted by atomic mass is 10.1. The van der Waals surface area contributed by atoms with Crippen LogP contribution in [0.3, 0.4) is 0 Å². The Morgan fingerprint density at radius 3 is 2.47 bits per heavy atom. The fraction of sp³-hybridized carbons (Fsp3) is 0.727. The number of nitrogens with two attached hydrogens (primary N) is 1. The quantitative estimate of drug-likeness (QED) is 0.850. The minimum atomic E-state index is -3.33. The van der Waals surface area contributed by atoms with Gasteiger partial charge in [-0.2, -0.15) is 4.37 Å². The van der Waals surface area contributed by atoms with Gasteiger partial charge in [-0.1, -0.05) is 0 Å². The summed E-state index contributed by atoms with van der Waals surface area (Å²) in [6.45, 7) is 1.30. The van der Waals surface area contributed by atoms with Gasteiger partial charge in [0.05, 0.1) is 11.4 Å². The van der Waals surface area contributed by atoms with Crippen LogP contribution in [0.5, 0.6) is 0 Å². The topological polar surface area (TPSA) is 96.5 Å². The van der Waals surface area contributed by atoms with E-state index >= 15 is 0 Å². The van der Waals surface area contributed by atoms with Crippen LogP contribution in [0.25, 0.3) is 0 Å². The van der Waals surface area contributed by atoms with Crippen LogP contribution in [0.2, 0.25) is 0 Å². The van der Waals surface area contributed by atoms with Gasteiger partial charge < -0.3 is 15.7 Å². The van der Waals surface area contributed by atoms with Crippen LogP contribution < -0.4 is 10.6 Å². The van der Waals surface area contributed by atoms with Gasteiger partial charge in [0.2, 0.25) is 0 Å². The molecule has 0 amide bonds. The maximum Gasteiger partial charge on any atom is 0.187 e. The normalized spacial score (nSPS) is 21.8. The lowest BCUT2D eigenvalue weighted by Gasteiger charge is -2.30. The van der Waals surface area contributed by atoms with Crippen molar-refractivity contribution < 1.29 is 13.5 Å². The molecule has 1 aromatic rings. The molecule has 106 valence electrons. The molecule has 6 nitrogen and oxygen atoms in total. The third-order valence-corrected chi connectivity index (χ3v) is 7.03. The maximum absolute atomic E-state index is 12.4. The molecule has 1 aromatic heterocycles. The van der Waals surface area contributed by atoms with E-state index < -0.39 is 9.84 Å². The van der Waals surface area contributed by atoms with Crippen LogP contribution in [-0.4, -0.2) is 42.3 Å². The van der Waals surface area contributed by atoms with Crippen LogP contribution in [0.4, 0.5) is 10.8 Å². The Labute approximate surface area is 116 Å². The highest BCUT2D eigenvalue weighted by molar-refractivity contribution is 7.92. The summed E-state index contributed by atoms with van der Waals surface area (Å²) < 4.78 is 28.9. The highest BCUT2D eigenvalue weighted by Crippen LogP contribution is 2.43. The van der Waals surface area contributed by atoms with E-state index in [4.69, 9.17) is 5.73 Å². The number of piperidine rings is 1. The molecule has 3 rings (SSSR count). The molecule has 0 atom stereocenters. The summed E-state index contributed by atoms with van der Waals surface area (Å²) in [7, 11) is -3.33. The van der Waals surface area contributed by atoms with Crippen molar-refractivity contribution in [2.75, 3.05) is 23.7 Å². The molecule has 0 radical (unpaired) electrons. The Balaban J connectivity index is 1.95. The zero-order valence-electron chi connectivity index (χ0n) is 10.4. The van der Waals surface area contributed by atoms with Crippen LogP contribution in [0.1, 0.15) is 25.7 Å². The summed E-state index contributed by atoms with van der Waals surface area (Å²) in [5, 5.41) is 9.90. The number of hydrogen-bond donors (Lipinski definition) is 2. The number of nitrogens with zero attached hydrogens (tertiary/aromatic N) is 2. The highest BCUT2D eigenvalue weighted by atomic mass is 32.2. The second-order valence-corrected chi connectivity index (χ2v) is 8.08. The van der Waals surface area contributed by atoms with Gasteiger partial charge in [-0.3, -0.25) is 0 Å². The zero-order chi connectivity index (χ0) is 13.6. The van der Waals surface area contributed by atoms with Gasteiger partial charge in [-0.25, -0.2) is 8.42 Å². The summed E-state index contributed by atoms with van der Waals surface area (Å²) >= 11 is 1.15. The van der Waals surface area contributed by atoms with E-state index in [9.17, 15) is 13.5 Å². The van der Waals surface area contributed by atoms with Crippen molar-refractivity contribution in [3.05, 3.63) is 0 Å². The minimum Gasteiger partial charge on any atom is -0.393 e. The standard InChI is InChI=1S/C11H17N3O3S2/c12-10-9(19(16,17)8-1-2-8)11(18-13-10)14-5-3-7(15)4-6-14/h7-8,15H,1-6H2,(H2,12,13). The van der Waals surface area contributed by atoms with Crippen LogP contribution in [0.15, 0.2) is 4.90 Å². The predicted octanol–water partition coefficient (Wildman–Crippen LogP) is 0.623. The molecule has 1 saturated heterocycles. The van der Waals surface area contributed by atoms with Gasteiger partial charge in [-0.05, 0) is 37.2 Å². The molecule has 1 aliphatic carbocycles. The number of rotatable bonds is 3. The summed E-state index contributed by atoms with van der Waals surface area (Å²) in [6, 6.07) is 0. The Morgan fingerprint density at radius 2 is 1.89 bits per heavy atom. The first kappa shape index (κ1) is 13.1. The molecule has 1 aliphatic heterocycles. The third-order valence-electron chi connectivity index (χ3n) is 3.66. The van der Waals surface area contributed by atoms with Gasteiger partial charge in [0.25, 0.3) is 0 Å². The Bertz CT molecular complexity index is 572. The van der Waals surface area contributed by atoms with Gasteiger partial charge >= 0.3 is 0 Å². The fourth-order valence-corrected chi connectivity index (χ4v) is 5.45. The Morgan fingerprint density at radius 1 is 1.26 bits per heavy atom. The summed E-state index contributed by atoms with van der Waals surface area (Å²) in [4.78, 5) is 2.20. The molecule has 0 spiro atoms. The van der Waals surface area contributed by atoms with E-state index in [2.05, 4.69) is 4.37 Å². The second kappa shape index (κ2) is 4.60. The third kappa shape index (κ3) is 2.32. The molecule has 2 heterocycles. The first-order chi connectivity index (χ1) is 9.00. The van der Waals surface area contributed by atoms with E-state index in [1.54, 1.807) is 0 Å². The second-order valence-electron chi connectivity index (χ2n) is 5.16. The Kier molecular flexibility index (Phi) is 3.18. The van der Waals surface area contributed by atoms with E-state index in [1.165, 1.54) is 0 Å². The number of hydrogen-bond acceptors (Lipinski definition) is 7. The monoisotopic (exact) mass is 303 g/mol. The van der Waals surface area contributed by atoms with E-state index in [-0.39, 0.29) is 22.1 Å². The van der Waals surface area contributed by atoms with Crippen molar-refractivity contribution in [2.45, 2.75) is 41.9 Å². The molecule has 1 saturated carbocycles. The van der Waals surface area contributed by atoms with Crippen molar-refractivity contribution in [2.24, 2.45) is 0 Å². The predicted molar refractivity (Wildman–Crippen MR) is 74.2 cm³/mol. The number of aliphatic hydroxyl groups excluding tert-OH is 1. The number of sulfone groups is 1. The molecule has 8 heteroatoms. The highest BCUT2D eigenvalue weighted by Gasteiger charge is 2.41. The van der Waals surface area contributed by atoms with E-state index in [0.717, 1.165) is 24.4 Å². The first-order valence-corrected chi connectivity index (χ1v) is 8.74. The number of nitrogen functional groups attached to an aromatic ring is 1. The zero-order valence-corrected chi connectivity index (χ0v) is 12.1. The molecule has 19 heavy (non-hydrogen) atoms. The average Bonchev–Trinajstić information content (AvgIpc) is 3.14. The minimum absolute atomic E-state index is 0.123. The largest absolute Gasteiger partial charge is 0.393 e. The summed E-state index contributed by atoms with van der Waals surface area (Å²) in [5.41, 5.74) is 5.77. The van der Waals surface area contributed by atoms with Gasteiger partial charge in [-0.15, -0.1) is 0 Å². The molecule has 3 N–H and O–H groups in total. The molecular weight excluding hydrogens is 286 g/mol. The average molecular weight is 303 g/mol. The molecule has 0 aromatic carbocycles. The van der Waals surface area contributed by atoms with Crippen molar-refractivity contribution in [3.63, 3.8) is 0 Å². The van der Waals surface area contributed by atoms with Crippen LogP contribution in [0, 0.1) is 0 Å². The number of anilines is 2. The first-order valence-electron chi connectivity index (χ1n) is 6.42. The van der Waals surface area contributed by atoms with E-state index in [0.29, 0.717) is 30.9 Å². The van der Waals surface area contributed by atoms with Crippen LogP contribution in [-0.2, 0) is 9.84 Å². The van der Waals surface area contributed by atoms with Gasteiger partial charge in [0, 0.05) is 13.1 Å². The fourth-order valence-electron chi connectivity index (χ4n) is 2.37. The number of aliphatic hydroxyl groups is 1. The van der Waals surface area contributed by atoms with Gasteiger partial charge in [0.15, 0.2) is 15.7 Å². The smallest absolute Gasteiger partial charge is 0.187 e. The summed E-state index contributed by atoms with van der Waals surface area (Å²) in [5.74, 6) is 0.123. The molecule has 0 unspecified atom stereocenters.